The molecule has 11 heavy (non-hydrogen) atoms. The van der Waals surface area contributed by atoms with Crippen molar-refractivity contribution in [3.8, 4) is 5.75 Å². The highest BCUT2D eigenvalue weighted by Crippen LogP contribution is 2.23. The van der Waals surface area contributed by atoms with E-state index in [1.54, 1.807) is 12.1 Å². The lowest BCUT2D eigenvalue weighted by atomic mass is 10.2. The van der Waals surface area contributed by atoms with Crippen molar-refractivity contribution in [1.82, 2.24) is 0 Å². The molecule has 0 heterocycles. The molecule has 0 atom stereocenters. The van der Waals surface area contributed by atoms with Crippen LogP contribution in [0.4, 0.5) is 0 Å². The van der Waals surface area contributed by atoms with Crippen LogP contribution in [-0.4, -0.2) is 16.5 Å². The van der Waals surface area contributed by atoms with Gasteiger partial charge < -0.3 is 10.3 Å². The van der Waals surface area contributed by atoms with Crippen LogP contribution < -0.4 is 0 Å². The molecular formula is C7H6BrNO2. The lowest BCUT2D eigenvalue weighted by Crippen LogP contribution is -1.79. The second-order valence-electron chi connectivity index (χ2n) is 1.96. The standard InChI is InChI=1S/C7H6BrNO2/c8-6-3-5(4-9-11)1-2-7(6)10/h1-4,10-11H/b9-4-. The normalized spacial score (nSPS) is 10.6. The number of nitrogens with zero attached hydrogens (tertiary/aromatic N) is 1. The molecule has 0 amide bonds. The van der Waals surface area contributed by atoms with Crippen molar-refractivity contribution in [3.63, 3.8) is 0 Å². The first-order valence-corrected chi connectivity index (χ1v) is 3.69. The topological polar surface area (TPSA) is 52.8 Å². The highest BCUT2D eigenvalue weighted by Gasteiger charge is 1.96. The first kappa shape index (κ1) is 8.07. The van der Waals surface area contributed by atoms with E-state index in [1.165, 1.54) is 12.3 Å². The Morgan fingerprint density at radius 1 is 1.45 bits per heavy atom. The fraction of sp³-hybridized carbons (Fsp3) is 0. The van der Waals surface area contributed by atoms with Gasteiger partial charge in [0.2, 0.25) is 0 Å². The van der Waals surface area contributed by atoms with E-state index in [0.29, 0.717) is 4.47 Å². The van der Waals surface area contributed by atoms with Gasteiger partial charge in [0.15, 0.2) is 0 Å². The average molecular weight is 216 g/mol. The first-order chi connectivity index (χ1) is 5.24. The van der Waals surface area contributed by atoms with Crippen molar-refractivity contribution >= 4 is 22.1 Å². The zero-order chi connectivity index (χ0) is 8.27. The third-order valence-corrected chi connectivity index (χ3v) is 1.81. The van der Waals surface area contributed by atoms with E-state index < -0.39 is 0 Å². The summed E-state index contributed by atoms with van der Waals surface area (Å²) < 4.78 is 0.579. The van der Waals surface area contributed by atoms with Gasteiger partial charge >= 0.3 is 0 Å². The van der Waals surface area contributed by atoms with E-state index in [4.69, 9.17) is 10.3 Å². The first-order valence-electron chi connectivity index (χ1n) is 2.90. The smallest absolute Gasteiger partial charge is 0.129 e. The van der Waals surface area contributed by atoms with Crippen molar-refractivity contribution in [2.24, 2.45) is 5.16 Å². The summed E-state index contributed by atoms with van der Waals surface area (Å²) in [5, 5.41) is 20.1. The molecule has 0 unspecified atom stereocenters. The molecule has 1 aromatic carbocycles. The fourth-order valence-corrected chi connectivity index (χ4v) is 1.07. The summed E-state index contributed by atoms with van der Waals surface area (Å²) in [6, 6.07) is 4.80. The minimum atomic E-state index is 0.167. The van der Waals surface area contributed by atoms with Crippen LogP contribution in [0.1, 0.15) is 5.56 Å². The number of phenols is 1. The SMILES string of the molecule is O/N=C\c1ccc(O)c(Br)c1. The molecule has 4 heteroatoms. The summed E-state index contributed by atoms with van der Waals surface area (Å²) in [4.78, 5) is 0. The molecule has 0 radical (unpaired) electrons. The number of oxime groups is 1. The van der Waals surface area contributed by atoms with Gasteiger partial charge in [-0.1, -0.05) is 5.16 Å². The highest BCUT2D eigenvalue weighted by molar-refractivity contribution is 9.10. The number of halogens is 1. The van der Waals surface area contributed by atoms with Gasteiger partial charge in [-0.25, -0.2) is 0 Å². The Balaban J connectivity index is 3.05. The van der Waals surface area contributed by atoms with Gasteiger partial charge in [-0.05, 0) is 39.7 Å². The summed E-state index contributed by atoms with van der Waals surface area (Å²) >= 11 is 3.12. The number of rotatable bonds is 1. The summed E-state index contributed by atoms with van der Waals surface area (Å²) in [5.74, 6) is 0.167. The Bertz CT molecular complexity index is 286. The Morgan fingerprint density at radius 3 is 2.73 bits per heavy atom. The molecule has 0 spiro atoms. The van der Waals surface area contributed by atoms with Crippen molar-refractivity contribution < 1.29 is 10.3 Å². The van der Waals surface area contributed by atoms with Crippen LogP contribution in [-0.2, 0) is 0 Å². The zero-order valence-corrected chi connectivity index (χ0v) is 7.12. The van der Waals surface area contributed by atoms with Gasteiger partial charge in [-0.15, -0.1) is 0 Å². The maximum atomic E-state index is 9.06. The number of hydrogen-bond donors (Lipinski definition) is 2. The van der Waals surface area contributed by atoms with Crippen LogP contribution in [0.3, 0.4) is 0 Å². The second-order valence-corrected chi connectivity index (χ2v) is 2.81. The molecule has 58 valence electrons. The van der Waals surface area contributed by atoms with E-state index >= 15 is 0 Å². The molecular weight excluding hydrogens is 210 g/mol. The number of benzene rings is 1. The average Bonchev–Trinajstić information content (AvgIpc) is 1.98. The molecule has 0 aliphatic rings. The Labute approximate surface area is 72.1 Å². The lowest BCUT2D eigenvalue weighted by molar-refractivity contribution is 0.322. The molecule has 1 rings (SSSR count). The molecule has 3 nitrogen and oxygen atoms in total. The summed E-state index contributed by atoms with van der Waals surface area (Å²) in [5.41, 5.74) is 0.720. The van der Waals surface area contributed by atoms with Crippen LogP contribution >= 0.6 is 15.9 Å². The Kier molecular flexibility index (Phi) is 2.48. The molecule has 0 saturated heterocycles. The second kappa shape index (κ2) is 3.39. The Hall–Kier alpha value is -1.03. The predicted molar refractivity (Wildman–Crippen MR) is 45.2 cm³/mol. The largest absolute Gasteiger partial charge is 0.507 e. The third kappa shape index (κ3) is 1.94. The molecule has 1 aromatic rings. The van der Waals surface area contributed by atoms with Gasteiger partial charge in [-0.2, -0.15) is 0 Å². The molecule has 0 fully saturated rings. The number of aromatic hydroxyl groups is 1. The van der Waals surface area contributed by atoms with Crippen molar-refractivity contribution in [3.05, 3.63) is 28.2 Å². The molecule has 0 aromatic heterocycles. The van der Waals surface area contributed by atoms with Crippen molar-refractivity contribution in [2.75, 3.05) is 0 Å². The van der Waals surface area contributed by atoms with E-state index in [2.05, 4.69) is 21.1 Å². The monoisotopic (exact) mass is 215 g/mol. The molecule has 0 aliphatic carbocycles. The van der Waals surface area contributed by atoms with Gasteiger partial charge in [-0.3, -0.25) is 0 Å². The third-order valence-electron chi connectivity index (χ3n) is 1.18. The zero-order valence-electron chi connectivity index (χ0n) is 5.53. The molecule has 2 N–H and O–H groups in total. The van der Waals surface area contributed by atoms with E-state index in [1.807, 2.05) is 0 Å². The van der Waals surface area contributed by atoms with Gasteiger partial charge in [0, 0.05) is 0 Å². The van der Waals surface area contributed by atoms with E-state index in [-0.39, 0.29) is 5.75 Å². The van der Waals surface area contributed by atoms with Crippen LogP contribution in [0, 0.1) is 0 Å². The summed E-state index contributed by atoms with van der Waals surface area (Å²) in [6.45, 7) is 0. The van der Waals surface area contributed by atoms with E-state index in [0.717, 1.165) is 5.56 Å². The molecule has 0 bridgehead atoms. The number of hydrogen-bond acceptors (Lipinski definition) is 3. The maximum absolute atomic E-state index is 9.06. The van der Waals surface area contributed by atoms with Crippen LogP contribution in [0.15, 0.2) is 27.8 Å². The van der Waals surface area contributed by atoms with E-state index in [9.17, 15) is 0 Å². The summed E-state index contributed by atoms with van der Waals surface area (Å²) in [6.07, 6.45) is 1.28. The van der Waals surface area contributed by atoms with Gasteiger partial charge in [0.1, 0.15) is 5.75 Å². The summed E-state index contributed by atoms with van der Waals surface area (Å²) in [7, 11) is 0. The lowest BCUT2D eigenvalue weighted by Gasteiger charge is -1.96. The molecule has 0 aliphatic heterocycles. The van der Waals surface area contributed by atoms with Crippen LogP contribution in [0.2, 0.25) is 0 Å². The predicted octanol–water partition coefficient (Wildman–Crippen LogP) is 1.96. The number of phenolic OH excluding ortho intramolecular Hbond substituents is 1. The van der Waals surface area contributed by atoms with Crippen molar-refractivity contribution in [1.29, 1.82) is 0 Å². The quantitative estimate of drug-likeness (QED) is 0.428. The van der Waals surface area contributed by atoms with Gasteiger partial charge in [0.25, 0.3) is 0 Å². The van der Waals surface area contributed by atoms with Crippen LogP contribution in [0.25, 0.3) is 0 Å². The minimum absolute atomic E-state index is 0.167. The Morgan fingerprint density at radius 2 is 2.18 bits per heavy atom. The van der Waals surface area contributed by atoms with Crippen molar-refractivity contribution in [2.45, 2.75) is 0 Å². The molecule has 0 saturated carbocycles. The van der Waals surface area contributed by atoms with Gasteiger partial charge in [0.05, 0.1) is 10.7 Å². The highest BCUT2D eigenvalue weighted by atomic mass is 79.9. The van der Waals surface area contributed by atoms with Crippen LogP contribution in [0.5, 0.6) is 5.75 Å². The fourth-order valence-electron chi connectivity index (χ4n) is 0.670. The minimum Gasteiger partial charge on any atom is -0.507 e. The maximum Gasteiger partial charge on any atom is 0.129 e.